The average molecular weight is 430 g/mol. The van der Waals surface area contributed by atoms with E-state index < -0.39 is 10.0 Å². The van der Waals surface area contributed by atoms with Crippen LogP contribution in [0.25, 0.3) is 0 Å². The number of nitrogens with zero attached hydrogens (tertiary/aromatic N) is 3. The summed E-state index contributed by atoms with van der Waals surface area (Å²) in [6.45, 7) is 5.41. The third-order valence-corrected chi connectivity index (χ3v) is 7.56. The number of likely N-dealkylation sites (tertiary alicyclic amines) is 1. The molecule has 0 spiro atoms. The summed E-state index contributed by atoms with van der Waals surface area (Å²) in [5.41, 5.74) is 0.539. The Labute approximate surface area is 177 Å². The molecule has 0 bridgehead atoms. The molecule has 1 amide bonds. The van der Waals surface area contributed by atoms with Crippen molar-refractivity contribution in [3.63, 3.8) is 0 Å². The van der Waals surface area contributed by atoms with Crippen LogP contribution < -0.4 is 4.74 Å². The van der Waals surface area contributed by atoms with Gasteiger partial charge in [0.15, 0.2) is 0 Å². The van der Waals surface area contributed by atoms with Crippen molar-refractivity contribution in [2.24, 2.45) is 5.92 Å². The molecule has 0 aliphatic carbocycles. The Morgan fingerprint density at radius 2 is 1.93 bits per heavy atom. The summed E-state index contributed by atoms with van der Waals surface area (Å²) in [4.78, 5) is 19.0. The van der Waals surface area contributed by atoms with Crippen LogP contribution >= 0.6 is 0 Å². The number of amides is 1. The number of para-hydroxylation sites is 1. The number of hydrogen-bond acceptors (Lipinski definition) is 5. The van der Waals surface area contributed by atoms with E-state index in [0.717, 1.165) is 0 Å². The smallest absolute Gasteiger partial charge is 0.255 e. The Kier molecular flexibility index (Phi) is 5.79. The van der Waals surface area contributed by atoms with E-state index in [4.69, 9.17) is 4.74 Å². The first-order valence-electron chi connectivity index (χ1n) is 10.3. The van der Waals surface area contributed by atoms with E-state index in [1.54, 1.807) is 58.0 Å². The van der Waals surface area contributed by atoms with Gasteiger partial charge < -0.3 is 9.64 Å². The number of sulfonamides is 1. The molecule has 0 saturated carbocycles. The number of benzene rings is 1. The number of aromatic nitrogens is 1. The molecule has 2 atom stereocenters. The highest BCUT2D eigenvalue weighted by atomic mass is 32.2. The van der Waals surface area contributed by atoms with Gasteiger partial charge >= 0.3 is 0 Å². The molecule has 0 N–H and O–H groups in total. The molecule has 1 aromatic carbocycles. The third kappa shape index (κ3) is 3.94. The maximum atomic E-state index is 13.5. The van der Waals surface area contributed by atoms with E-state index in [-0.39, 0.29) is 28.9 Å². The maximum Gasteiger partial charge on any atom is 0.255 e. The number of carbonyl (C=O) groups excluding carboxylic acids is 1. The highest BCUT2D eigenvalue weighted by molar-refractivity contribution is 7.89. The van der Waals surface area contributed by atoms with Gasteiger partial charge in [-0.2, -0.15) is 4.31 Å². The lowest BCUT2D eigenvalue weighted by Crippen LogP contribution is -2.48. The zero-order chi connectivity index (χ0) is 21.3. The van der Waals surface area contributed by atoms with Crippen LogP contribution in [-0.4, -0.2) is 60.3 Å². The summed E-state index contributed by atoms with van der Waals surface area (Å²) in [5, 5.41) is 0. The fourth-order valence-electron chi connectivity index (χ4n) is 4.22. The van der Waals surface area contributed by atoms with E-state index in [1.165, 1.54) is 0 Å². The van der Waals surface area contributed by atoms with Gasteiger partial charge in [0, 0.05) is 38.4 Å². The molecule has 1 fully saturated rings. The second kappa shape index (κ2) is 8.35. The number of pyridine rings is 1. The molecule has 4 rings (SSSR count). The van der Waals surface area contributed by atoms with Gasteiger partial charge in [0.2, 0.25) is 10.0 Å². The minimum atomic E-state index is -3.70. The molecule has 1 aromatic heterocycles. The van der Waals surface area contributed by atoms with Crippen LogP contribution in [0.2, 0.25) is 0 Å². The van der Waals surface area contributed by atoms with Crippen molar-refractivity contribution in [3.8, 4) is 5.75 Å². The van der Waals surface area contributed by atoms with Crippen LogP contribution in [0.5, 0.6) is 5.75 Å². The van der Waals surface area contributed by atoms with E-state index in [9.17, 15) is 13.2 Å². The van der Waals surface area contributed by atoms with Crippen molar-refractivity contribution in [2.75, 3.05) is 19.6 Å². The summed E-state index contributed by atoms with van der Waals surface area (Å²) in [6.07, 6.45) is 3.98. The van der Waals surface area contributed by atoms with E-state index in [0.29, 0.717) is 43.8 Å². The summed E-state index contributed by atoms with van der Waals surface area (Å²) < 4.78 is 34.9. The molecule has 3 heterocycles. The second-order valence-corrected chi connectivity index (χ2v) is 10.1. The average Bonchev–Trinajstić information content (AvgIpc) is 2.98. The minimum Gasteiger partial charge on any atom is -0.487 e. The Hall–Kier alpha value is -2.45. The molecule has 1 saturated heterocycles. The van der Waals surface area contributed by atoms with Crippen molar-refractivity contribution >= 4 is 15.9 Å². The number of hydrogen-bond donors (Lipinski definition) is 0. The van der Waals surface area contributed by atoms with Gasteiger partial charge in [-0.3, -0.25) is 9.78 Å². The fraction of sp³-hybridized carbons (Fsp3) is 0.455. The zero-order valence-corrected chi connectivity index (χ0v) is 18.1. The van der Waals surface area contributed by atoms with Gasteiger partial charge in [0.25, 0.3) is 5.91 Å². The van der Waals surface area contributed by atoms with Crippen molar-refractivity contribution in [2.45, 2.75) is 43.7 Å². The van der Waals surface area contributed by atoms with Gasteiger partial charge in [0.05, 0.1) is 11.6 Å². The first kappa shape index (κ1) is 20.8. The van der Waals surface area contributed by atoms with Crippen molar-refractivity contribution in [1.29, 1.82) is 0 Å². The normalized spacial score (nSPS) is 23.6. The lowest BCUT2D eigenvalue weighted by Gasteiger charge is -2.32. The van der Waals surface area contributed by atoms with Crippen LogP contribution in [0.15, 0.2) is 53.7 Å². The largest absolute Gasteiger partial charge is 0.487 e. The van der Waals surface area contributed by atoms with Gasteiger partial charge in [0.1, 0.15) is 16.7 Å². The van der Waals surface area contributed by atoms with Crippen molar-refractivity contribution in [3.05, 3.63) is 54.4 Å². The van der Waals surface area contributed by atoms with Crippen LogP contribution in [0.4, 0.5) is 0 Å². The number of fused-ring (bicyclic) bond motifs is 2. The molecule has 8 heteroatoms. The highest BCUT2D eigenvalue weighted by Crippen LogP contribution is 2.36. The van der Waals surface area contributed by atoms with Gasteiger partial charge in [-0.1, -0.05) is 26.0 Å². The Morgan fingerprint density at radius 1 is 1.17 bits per heavy atom. The van der Waals surface area contributed by atoms with E-state index >= 15 is 0 Å². The molecule has 2 aliphatic heterocycles. The minimum absolute atomic E-state index is 0.0850. The van der Waals surface area contributed by atoms with Crippen LogP contribution in [0.1, 0.15) is 37.0 Å². The topological polar surface area (TPSA) is 79.8 Å². The van der Waals surface area contributed by atoms with Gasteiger partial charge in [-0.05, 0) is 36.6 Å². The molecular weight excluding hydrogens is 402 g/mol. The second-order valence-electron chi connectivity index (χ2n) is 8.25. The molecule has 2 aliphatic rings. The molecule has 160 valence electrons. The van der Waals surface area contributed by atoms with E-state index in [2.05, 4.69) is 4.98 Å². The molecule has 7 nitrogen and oxygen atoms in total. The molecular formula is C22H27N3O4S. The third-order valence-electron chi connectivity index (χ3n) is 5.63. The lowest BCUT2D eigenvalue weighted by molar-refractivity contribution is 0.0754. The number of ether oxygens (including phenoxy) is 1. The van der Waals surface area contributed by atoms with E-state index in [1.807, 2.05) is 13.8 Å². The highest BCUT2D eigenvalue weighted by Gasteiger charge is 2.43. The maximum absolute atomic E-state index is 13.5. The van der Waals surface area contributed by atoms with Crippen LogP contribution in [-0.2, 0) is 10.0 Å². The van der Waals surface area contributed by atoms with Crippen molar-refractivity contribution < 1.29 is 17.9 Å². The van der Waals surface area contributed by atoms with Gasteiger partial charge in [-0.15, -0.1) is 0 Å². The Balaban J connectivity index is 1.67. The fourth-order valence-corrected chi connectivity index (χ4v) is 6.19. The first-order valence-corrected chi connectivity index (χ1v) is 11.8. The van der Waals surface area contributed by atoms with Crippen LogP contribution in [0.3, 0.4) is 0 Å². The number of rotatable bonds is 3. The first-order chi connectivity index (χ1) is 14.4. The monoisotopic (exact) mass is 429 g/mol. The van der Waals surface area contributed by atoms with Crippen molar-refractivity contribution in [1.82, 2.24) is 14.2 Å². The molecule has 0 radical (unpaired) electrons. The number of carbonyl (C=O) groups is 1. The Bertz CT molecular complexity index is 1010. The quantitative estimate of drug-likeness (QED) is 0.750. The van der Waals surface area contributed by atoms with Gasteiger partial charge in [-0.25, -0.2) is 8.42 Å². The summed E-state index contributed by atoms with van der Waals surface area (Å²) in [7, 11) is -3.70. The predicted molar refractivity (Wildman–Crippen MR) is 113 cm³/mol. The Morgan fingerprint density at radius 3 is 2.67 bits per heavy atom. The molecule has 0 unspecified atom stereocenters. The SMILES string of the molecule is CC(C)CN1[C@H]2CCN(C(=O)c3cccnc3)CC[C@@H]2Oc2ccccc2S1(=O)=O. The standard InChI is InChI=1S/C22H27N3O4S/c1-16(2)15-25-18-9-12-24(22(26)17-6-5-11-23-14-17)13-10-19(18)29-20-7-3-4-8-21(20)30(25,27)28/h3-8,11,14,16,18-19H,9-10,12-13,15H2,1-2H3/t18-,19-/m0/s1. The molecule has 30 heavy (non-hydrogen) atoms. The lowest BCUT2D eigenvalue weighted by atomic mass is 10.0. The molecule has 2 aromatic rings. The predicted octanol–water partition coefficient (Wildman–Crippen LogP) is 2.79. The summed E-state index contributed by atoms with van der Waals surface area (Å²) in [6, 6.07) is 10.0. The van der Waals surface area contributed by atoms with Crippen LogP contribution in [0, 0.1) is 5.92 Å². The zero-order valence-electron chi connectivity index (χ0n) is 17.3. The summed E-state index contributed by atoms with van der Waals surface area (Å²) in [5.74, 6) is 0.478. The summed E-state index contributed by atoms with van der Waals surface area (Å²) >= 11 is 0.